The fourth-order valence-corrected chi connectivity index (χ4v) is 2.53. The van der Waals surface area contributed by atoms with Crippen molar-refractivity contribution in [3.63, 3.8) is 0 Å². The number of carbonyl (C=O) groups excluding carboxylic acids is 2. The van der Waals surface area contributed by atoms with Crippen molar-refractivity contribution in [3.8, 4) is 0 Å². The molecule has 2 amide bonds. The van der Waals surface area contributed by atoms with E-state index in [-0.39, 0.29) is 29.1 Å². The van der Waals surface area contributed by atoms with Crippen LogP contribution in [0.4, 0.5) is 15.9 Å². The van der Waals surface area contributed by atoms with Crippen molar-refractivity contribution < 1.29 is 18.4 Å². The van der Waals surface area contributed by atoms with Gasteiger partial charge in [-0.1, -0.05) is 11.8 Å². The zero-order chi connectivity index (χ0) is 18.4. The van der Waals surface area contributed by atoms with Gasteiger partial charge in [0, 0.05) is 5.69 Å². The van der Waals surface area contributed by atoms with Crippen LogP contribution in [0.15, 0.2) is 64.2 Å². The number of amides is 2. The van der Waals surface area contributed by atoms with E-state index in [1.807, 2.05) is 0 Å². The van der Waals surface area contributed by atoms with E-state index >= 15 is 0 Å². The number of benzene rings is 1. The minimum absolute atomic E-state index is 0.115. The first-order chi connectivity index (χ1) is 12.6. The van der Waals surface area contributed by atoms with Gasteiger partial charge in [-0.15, -0.1) is 10.2 Å². The third-order valence-electron chi connectivity index (χ3n) is 3.11. The largest absolute Gasteiger partial charge is 0.459 e. The molecule has 132 valence electrons. The van der Waals surface area contributed by atoms with Gasteiger partial charge in [-0.25, -0.2) is 4.39 Å². The molecule has 0 spiro atoms. The molecule has 0 bridgehead atoms. The number of nitrogens with zero attached hydrogens (tertiary/aromatic N) is 2. The summed E-state index contributed by atoms with van der Waals surface area (Å²) < 4.78 is 17.8. The summed E-state index contributed by atoms with van der Waals surface area (Å²) in [5, 5.41) is 13.5. The predicted molar refractivity (Wildman–Crippen MR) is 94.4 cm³/mol. The predicted octanol–water partition coefficient (Wildman–Crippen LogP) is 3.19. The number of carbonyl (C=O) groups is 2. The molecular weight excluding hydrogens is 359 g/mol. The molecule has 0 fully saturated rings. The van der Waals surface area contributed by atoms with Gasteiger partial charge in [0.25, 0.3) is 5.91 Å². The molecule has 26 heavy (non-hydrogen) atoms. The fourth-order valence-electron chi connectivity index (χ4n) is 1.92. The van der Waals surface area contributed by atoms with Gasteiger partial charge in [0.1, 0.15) is 10.8 Å². The van der Waals surface area contributed by atoms with Crippen LogP contribution in [-0.2, 0) is 4.79 Å². The summed E-state index contributed by atoms with van der Waals surface area (Å²) in [7, 11) is 0. The van der Waals surface area contributed by atoms with Gasteiger partial charge in [-0.05, 0) is 48.5 Å². The highest BCUT2D eigenvalue weighted by Gasteiger charge is 2.10. The molecule has 0 atom stereocenters. The van der Waals surface area contributed by atoms with E-state index in [0.717, 1.165) is 0 Å². The lowest BCUT2D eigenvalue weighted by molar-refractivity contribution is -0.113. The van der Waals surface area contributed by atoms with E-state index in [1.54, 1.807) is 18.2 Å². The second kappa shape index (κ2) is 8.26. The Morgan fingerprint density at radius 2 is 1.85 bits per heavy atom. The third kappa shape index (κ3) is 4.90. The van der Waals surface area contributed by atoms with Crippen molar-refractivity contribution in [1.82, 2.24) is 10.2 Å². The SMILES string of the molecule is O=C(CSc1ccc(NC(=O)c2ccco2)nn1)Nc1ccc(F)cc1. The number of rotatable bonds is 6. The molecule has 9 heteroatoms. The first kappa shape index (κ1) is 17.6. The molecule has 0 aliphatic heterocycles. The number of nitrogens with one attached hydrogen (secondary N) is 2. The molecule has 3 aromatic rings. The molecule has 2 aromatic heterocycles. The fraction of sp³-hybridized carbons (Fsp3) is 0.0588. The summed E-state index contributed by atoms with van der Waals surface area (Å²) in [6.45, 7) is 0. The number of aromatic nitrogens is 2. The van der Waals surface area contributed by atoms with E-state index in [9.17, 15) is 14.0 Å². The van der Waals surface area contributed by atoms with Gasteiger partial charge in [0.05, 0.1) is 12.0 Å². The highest BCUT2D eigenvalue weighted by atomic mass is 32.2. The van der Waals surface area contributed by atoms with Gasteiger partial charge in [0.15, 0.2) is 11.6 Å². The number of hydrogen-bond acceptors (Lipinski definition) is 6. The molecule has 3 rings (SSSR count). The molecule has 7 nitrogen and oxygen atoms in total. The Labute approximate surface area is 152 Å². The minimum Gasteiger partial charge on any atom is -0.459 e. The lowest BCUT2D eigenvalue weighted by atomic mass is 10.3. The molecule has 0 saturated heterocycles. The Morgan fingerprint density at radius 1 is 1.04 bits per heavy atom. The minimum atomic E-state index is -0.427. The lowest BCUT2D eigenvalue weighted by Crippen LogP contribution is -2.14. The summed E-state index contributed by atoms with van der Waals surface area (Å²) >= 11 is 1.19. The Bertz CT molecular complexity index is 883. The molecule has 2 heterocycles. The molecule has 0 radical (unpaired) electrons. The van der Waals surface area contributed by atoms with Crippen molar-refractivity contribution in [2.24, 2.45) is 0 Å². The van der Waals surface area contributed by atoms with Crippen LogP contribution in [-0.4, -0.2) is 27.8 Å². The van der Waals surface area contributed by atoms with Crippen LogP contribution >= 0.6 is 11.8 Å². The van der Waals surface area contributed by atoms with Crippen LogP contribution in [0.2, 0.25) is 0 Å². The average molecular weight is 372 g/mol. The first-order valence-corrected chi connectivity index (χ1v) is 8.45. The summed E-state index contributed by atoms with van der Waals surface area (Å²) in [4.78, 5) is 23.7. The Kier molecular flexibility index (Phi) is 5.59. The highest BCUT2D eigenvalue weighted by molar-refractivity contribution is 7.99. The summed E-state index contributed by atoms with van der Waals surface area (Å²) in [5.41, 5.74) is 0.513. The molecule has 2 N–H and O–H groups in total. The number of anilines is 2. The normalized spacial score (nSPS) is 10.3. The monoisotopic (exact) mass is 372 g/mol. The van der Waals surface area contributed by atoms with Gasteiger partial charge in [-0.2, -0.15) is 0 Å². The van der Waals surface area contributed by atoms with Crippen molar-refractivity contribution in [2.75, 3.05) is 16.4 Å². The van der Waals surface area contributed by atoms with Crippen LogP contribution in [0.5, 0.6) is 0 Å². The number of halogens is 1. The average Bonchev–Trinajstić information content (AvgIpc) is 3.18. The molecular formula is C17H13FN4O3S. The second-order valence-corrected chi connectivity index (χ2v) is 6.03. The standard InChI is InChI=1S/C17H13FN4O3S/c18-11-3-5-12(6-4-11)19-15(23)10-26-16-8-7-14(21-22-16)20-17(24)13-2-1-9-25-13/h1-9H,10H2,(H,19,23)(H,20,21,24). The van der Waals surface area contributed by atoms with E-state index in [4.69, 9.17) is 4.42 Å². The maximum absolute atomic E-state index is 12.8. The van der Waals surface area contributed by atoms with Crippen LogP contribution in [0.1, 0.15) is 10.6 Å². The Hall–Kier alpha value is -3.20. The van der Waals surface area contributed by atoms with Crippen molar-refractivity contribution in [1.29, 1.82) is 0 Å². The topological polar surface area (TPSA) is 97.1 Å². The van der Waals surface area contributed by atoms with E-state index < -0.39 is 5.91 Å². The van der Waals surface area contributed by atoms with Crippen LogP contribution in [0.3, 0.4) is 0 Å². The number of furan rings is 1. The number of thioether (sulfide) groups is 1. The Balaban J connectivity index is 1.48. The highest BCUT2D eigenvalue weighted by Crippen LogP contribution is 2.17. The second-order valence-electron chi connectivity index (χ2n) is 5.03. The summed E-state index contributed by atoms with van der Waals surface area (Å²) in [6, 6.07) is 11.9. The maximum atomic E-state index is 12.8. The van der Waals surface area contributed by atoms with Gasteiger partial charge < -0.3 is 15.1 Å². The third-order valence-corrected chi connectivity index (χ3v) is 4.03. The molecule has 0 aliphatic rings. The van der Waals surface area contributed by atoms with Crippen molar-refractivity contribution in [2.45, 2.75) is 5.03 Å². The van der Waals surface area contributed by atoms with Gasteiger partial charge >= 0.3 is 0 Å². The maximum Gasteiger partial charge on any atom is 0.292 e. The number of hydrogen-bond donors (Lipinski definition) is 2. The molecule has 0 saturated carbocycles. The van der Waals surface area contributed by atoms with Crippen molar-refractivity contribution >= 4 is 35.1 Å². The molecule has 1 aromatic carbocycles. The van der Waals surface area contributed by atoms with Crippen molar-refractivity contribution in [3.05, 3.63) is 66.4 Å². The smallest absolute Gasteiger partial charge is 0.292 e. The zero-order valence-electron chi connectivity index (χ0n) is 13.3. The van der Waals surface area contributed by atoms with Gasteiger partial charge in [0.2, 0.25) is 5.91 Å². The zero-order valence-corrected chi connectivity index (χ0v) is 14.1. The molecule has 0 aliphatic carbocycles. The Morgan fingerprint density at radius 3 is 2.50 bits per heavy atom. The summed E-state index contributed by atoms with van der Waals surface area (Å²) in [6.07, 6.45) is 1.40. The van der Waals surface area contributed by atoms with E-state index in [0.29, 0.717) is 10.7 Å². The van der Waals surface area contributed by atoms with E-state index in [2.05, 4.69) is 20.8 Å². The lowest BCUT2D eigenvalue weighted by Gasteiger charge is -2.05. The molecule has 0 unspecified atom stereocenters. The summed E-state index contributed by atoms with van der Waals surface area (Å²) in [5.74, 6) is -0.493. The van der Waals surface area contributed by atoms with Crippen LogP contribution in [0, 0.1) is 5.82 Å². The van der Waals surface area contributed by atoms with E-state index in [1.165, 1.54) is 48.4 Å². The quantitative estimate of drug-likeness (QED) is 0.645. The van der Waals surface area contributed by atoms with Crippen LogP contribution < -0.4 is 10.6 Å². The first-order valence-electron chi connectivity index (χ1n) is 7.47. The van der Waals surface area contributed by atoms with Crippen LogP contribution in [0.25, 0.3) is 0 Å². The van der Waals surface area contributed by atoms with Gasteiger partial charge in [-0.3, -0.25) is 9.59 Å².